The molecule has 1 atom stereocenters. The number of benzene rings is 1. The Morgan fingerprint density at radius 3 is 2.95 bits per heavy atom. The zero-order valence-corrected chi connectivity index (χ0v) is 13.5. The van der Waals surface area contributed by atoms with Crippen molar-refractivity contribution in [2.75, 3.05) is 24.6 Å². The Balaban J connectivity index is 1.42. The highest BCUT2D eigenvalue weighted by Crippen LogP contribution is 2.28. The fourth-order valence-electron chi connectivity index (χ4n) is 3.90. The molecule has 1 unspecified atom stereocenters. The van der Waals surface area contributed by atoms with Gasteiger partial charge in [0.15, 0.2) is 9.84 Å². The van der Waals surface area contributed by atoms with Crippen molar-refractivity contribution < 1.29 is 8.42 Å². The molecule has 1 saturated heterocycles. The lowest BCUT2D eigenvalue weighted by Crippen LogP contribution is -2.32. The van der Waals surface area contributed by atoms with E-state index >= 15 is 0 Å². The van der Waals surface area contributed by atoms with E-state index in [9.17, 15) is 8.42 Å². The summed E-state index contributed by atoms with van der Waals surface area (Å²) in [5.74, 6) is 1.16. The quantitative estimate of drug-likeness (QED) is 0.945. The summed E-state index contributed by atoms with van der Waals surface area (Å²) in [5.41, 5.74) is 4.04. The number of H-pyrrole nitrogens is 1. The fraction of sp³-hybridized carbons (Fsp3) is 0.529. The highest BCUT2D eigenvalue weighted by atomic mass is 32.2. The summed E-state index contributed by atoms with van der Waals surface area (Å²) in [6.45, 7) is 3.05. The largest absolute Gasteiger partial charge is 0.357 e. The van der Waals surface area contributed by atoms with Gasteiger partial charge in [0.1, 0.15) is 0 Å². The number of sulfone groups is 1. The molecule has 1 N–H and O–H groups in total. The molecule has 5 heteroatoms. The van der Waals surface area contributed by atoms with Crippen LogP contribution in [0, 0.1) is 5.92 Å². The summed E-state index contributed by atoms with van der Waals surface area (Å²) in [6, 6.07) is 8.51. The van der Waals surface area contributed by atoms with Crippen LogP contribution in [-0.4, -0.2) is 42.9 Å². The maximum absolute atomic E-state index is 11.5. The summed E-state index contributed by atoms with van der Waals surface area (Å²) >= 11 is 0. The average Bonchev–Trinajstić information content (AvgIpc) is 3.04. The summed E-state index contributed by atoms with van der Waals surface area (Å²) in [5, 5.41) is 1.36. The Kier molecular flexibility index (Phi) is 3.50. The number of nitrogens with one attached hydrogen (secondary N) is 1. The van der Waals surface area contributed by atoms with Gasteiger partial charge in [0.05, 0.1) is 11.5 Å². The Morgan fingerprint density at radius 2 is 2.14 bits per heavy atom. The number of aromatic nitrogens is 1. The first-order valence-corrected chi connectivity index (χ1v) is 9.94. The van der Waals surface area contributed by atoms with Crippen LogP contribution in [0.1, 0.15) is 24.1 Å². The van der Waals surface area contributed by atoms with Crippen LogP contribution in [0.4, 0.5) is 0 Å². The predicted molar refractivity (Wildman–Crippen MR) is 88.7 cm³/mol. The topological polar surface area (TPSA) is 53.2 Å². The lowest BCUT2D eigenvalue weighted by Gasteiger charge is -2.27. The molecule has 0 aliphatic carbocycles. The number of hydrogen-bond acceptors (Lipinski definition) is 3. The van der Waals surface area contributed by atoms with E-state index in [1.165, 1.54) is 22.2 Å². The minimum absolute atomic E-state index is 0.370. The van der Waals surface area contributed by atoms with Crippen molar-refractivity contribution in [3.8, 4) is 0 Å². The van der Waals surface area contributed by atoms with E-state index in [2.05, 4.69) is 34.1 Å². The molecule has 0 saturated carbocycles. The molecule has 1 aromatic carbocycles. The third kappa shape index (κ3) is 2.68. The highest BCUT2D eigenvalue weighted by Gasteiger charge is 2.28. The second-order valence-electron chi connectivity index (χ2n) is 6.71. The number of para-hydroxylation sites is 1. The number of nitrogens with zero attached hydrogens (tertiary/aromatic N) is 1. The van der Waals surface area contributed by atoms with Crippen molar-refractivity contribution in [3.05, 3.63) is 35.5 Å². The third-order valence-corrected chi connectivity index (χ3v) is 6.98. The molecule has 0 radical (unpaired) electrons. The molecule has 4 nitrogen and oxygen atoms in total. The van der Waals surface area contributed by atoms with E-state index in [1.807, 2.05) is 0 Å². The van der Waals surface area contributed by atoms with E-state index < -0.39 is 9.84 Å². The lowest BCUT2D eigenvalue weighted by molar-refractivity contribution is 0.235. The van der Waals surface area contributed by atoms with Crippen LogP contribution in [0.2, 0.25) is 0 Å². The number of hydrogen-bond donors (Lipinski definition) is 1. The van der Waals surface area contributed by atoms with Crippen LogP contribution in [-0.2, 0) is 22.8 Å². The van der Waals surface area contributed by atoms with Gasteiger partial charge in [-0.05, 0) is 43.4 Å². The molecule has 2 aromatic rings. The molecule has 1 aromatic heterocycles. The van der Waals surface area contributed by atoms with Crippen LogP contribution in [0.25, 0.3) is 10.9 Å². The molecule has 2 aliphatic rings. The molecule has 4 rings (SSSR count). The number of fused-ring (bicyclic) bond motifs is 3. The minimum atomic E-state index is -2.74. The normalized spacial score (nSPS) is 24.6. The zero-order valence-electron chi connectivity index (χ0n) is 12.7. The van der Waals surface area contributed by atoms with Gasteiger partial charge in [-0.3, -0.25) is 4.90 Å². The molecule has 2 aliphatic heterocycles. The Hall–Kier alpha value is -1.33. The summed E-state index contributed by atoms with van der Waals surface area (Å²) in [6.07, 6.45) is 2.95. The Bertz CT molecular complexity index is 794. The lowest BCUT2D eigenvalue weighted by atomic mass is 10.0. The van der Waals surface area contributed by atoms with Gasteiger partial charge in [0.2, 0.25) is 0 Å². The monoisotopic (exact) mass is 318 g/mol. The molecule has 22 heavy (non-hydrogen) atoms. The summed E-state index contributed by atoms with van der Waals surface area (Å²) in [4.78, 5) is 6.01. The van der Waals surface area contributed by atoms with Gasteiger partial charge in [-0.1, -0.05) is 18.2 Å². The van der Waals surface area contributed by atoms with E-state index in [4.69, 9.17) is 0 Å². The van der Waals surface area contributed by atoms with Crippen LogP contribution in [0.3, 0.4) is 0 Å². The Morgan fingerprint density at radius 1 is 1.27 bits per heavy atom. The van der Waals surface area contributed by atoms with E-state index in [-0.39, 0.29) is 0 Å². The SMILES string of the molecule is O=S1(=O)CCC(CCN2CCc3c([nH]c4ccccc34)C2)C1. The summed E-state index contributed by atoms with van der Waals surface area (Å²) in [7, 11) is -2.74. The number of aromatic amines is 1. The maximum atomic E-state index is 11.5. The van der Waals surface area contributed by atoms with Crippen LogP contribution in [0.5, 0.6) is 0 Å². The smallest absolute Gasteiger partial charge is 0.150 e. The second-order valence-corrected chi connectivity index (χ2v) is 8.94. The Labute approximate surface area is 131 Å². The molecular formula is C17H22N2O2S. The van der Waals surface area contributed by atoms with Gasteiger partial charge in [-0.2, -0.15) is 0 Å². The molecule has 0 amide bonds. The van der Waals surface area contributed by atoms with Crippen molar-refractivity contribution in [2.24, 2.45) is 5.92 Å². The second kappa shape index (κ2) is 5.39. The van der Waals surface area contributed by atoms with Crippen molar-refractivity contribution in [1.29, 1.82) is 0 Å². The first-order valence-electron chi connectivity index (χ1n) is 8.12. The molecule has 1 fully saturated rings. The average molecular weight is 318 g/mol. The van der Waals surface area contributed by atoms with E-state index in [0.29, 0.717) is 17.4 Å². The van der Waals surface area contributed by atoms with Crippen molar-refractivity contribution in [1.82, 2.24) is 9.88 Å². The van der Waals surface area contributed by atoms with Gasteiger partial charge in [0.25, 0.3) is 0 Å². The highest BCUT2D eigenvalue weighted by molar-refractivity contribution is 7.91. The van der Waals surface area contributed by atoms with Gasteiger partial charge in [-0.15, -0.1) is 0 Å². The zero-order chi connectivity index (χ0) is 15.2. The van der Waals surface area contributed by atoms with Gasteiger partial charge in [-0.25, -0.2) is 8.42 Å². The van der Waals surface area contributed by atoms with Crippen molar-refractivity contribution >= 4 is 20.7 Å². The van der Waals surface area contributed by atoms with Crippen molar-refractivity contribution in [3.63, 3.8) is 0 Å². The first-order chi connectivity index (χ1) is 10.6. The minimum Gasteiger partial charge on any atom is -0.357 e. The van der Waals surface area contributed by atoms with Crippen LogP contribution in [0.15, 0.2) is 24.3 Å². The van der Waals surface area contributed by atoms with Crippen molar-refractivity contribution in [2.45, 2.75) is 25.8 Å². The standard InChI is InChI=1S/C17H22N2O2S/c20-22(21)10-7-13(12-22)5-8-19-9-6-15-14-3-1-2-4-16(14)18-17(15)11-19/h1-4,13,18H,5-12H2. The summed E-state index contributed by atoms with van der Waals surface area (Å²) < 4.78 is 23.1. The van der Waals surface area contributed by atoms with Gasteiger partial charge in [0, 0.05) is 29.7 Å². The van der Waals surface area contributed by atoms with Crippen LogP contribution >= 0.6 is 0 Å². The predicted octanol–water partition coefficient (Wildman–Crippen LogP) is 2.35. The van der Waals surface area contributed by atoms with E-state index in [1.54, 1.807) is 0 Å². The molecule has 3 heterocycles. The van der Waals surface area contributed by atoms with E-state index in [0.717, 1.165) is 38.9 Å². The molecule has 0 spiro atoms. The van der Waals surface area contributed by atoms with Crippen LogP contribution < -0.4 is 0 Å². The number of rotatable bonds is 3. The molecular weight excluding hydrogens is 296 g/mol. The van der Waals surface area contributed by atoms with Gasteiger partial charge < -0.3 is 4.98 Å². The first kappa shape index (κ1) is 14.3. The molecule has 0 bridgehead atoms. The molecule has 118 valence electrons. The maximum Gasteiger partial charge on any atom is 0.150 e. The third-order valence-electron chi connectivity index (χ3n) is 5.14. The van der Waals surface area contributed by atoms with Gasteiger partial charge >= 0.3 is 0 Å². The fourth-order valence-corrected chi connectivity index (χ4v) is 5.82.